The Morgan fingerprint density at radius 3 is 2.06 bits per heavy atom. The second-order valence-electron chi connectivity index (χ2n) is 10.6. The molecule has 0 radical (unpaired) electrons. The lowest BCUT2D eigenvalue weighted by atomic mass is 9.89. The van der Waals surface area contributed by atoms with E-state index in [1.807, 2.05) is 0 Å². The molecule has 262 valence electrons. The van der Waals surface area contributed by atoms with Gasteiger partial charge in [0.1, 0.15) is 55.4 Å². The van der Waals surface area contributed by atoms with Crippen LogP contribution in [0.5, 0.6) is 11.5 Å². The third-order valence-electron chi connectivity index (χ3n) is 7.15. The summed E-state index contributed by atoms with van der Waals surface area (Å²) in [7, 11) is 1.34. The zero-order chi connectivity index (χ0) is 35.8. The highest BCUT2D eigenvalue weighted by Crippen LogP contribution is 2.44. The highest BCUT2D eigenvalue weighted by atomic mass is 17.0. The van der Waals surface area contributed by atoms with Crippen LogP contribution >= 0.6 is 0 Å². The topological polar surface area (TPSA) is 215 Å². The van der Waals surface area contributed by atoms with Gasteiger partial charge in [-0.2, -0.15) is 0 Å². The molecule has 0 bridgehead atoms. The lowest BCUT2D eigenvalue weighted by Gasteiger charge is -2.44. The molecule has 0 amide bonds. The van der Waals surface area contributed by atoms with Crippen molar-refractivity contribution in [1.82, 2.24) is 0 Å². The van der Waals surface area contributed by atoms with Crippen LogP contribution < -0.4 is 14.9 Å². The van der Waals surface area contributed by atoms with Gasteiger partial charge in [0, 0.05) is 27.7 Å². The van der Waals surface area contributed by atoms with Crippen molar-refractivity contribution in [3.05, 3.63) is 68.6 Å². The Morgan fingerprint density at radius 2 is 1.47 bits per heavy atom. The van der Waals surface area contributed by atoms with Gasteiger partial charge in [0.2, 0.25) is 5.43 Å². The van der Waals surface area contributed by atoms with E-state index in [9.17, 15) is 34.1 Å². The zero-order valence-corrected chi connectivity index (χ0v) is 27.0. The standard InChI is InChI=1S/C32H33NO16/c1-16(34)43-15-25-29(46-17(2)35)31(47-18(3)36)32(48-19(4)37)30(49-25)26-24(41-5)11-10-22-27(38)23(14-44-28(22)26)20-6-8-21(9-7-20)42-12-13-45-33(39)40/h6-11,14,25,29-32H,12-13,15H2,1-5H3/t25-,29-,30+,31+,32+/m1/s1. The van der Waals surface area contributed by atoms with E-state index in [0.717, 1.165) is 27.7 Å². The Balaban J connectivity index is 1.82. The van der Waals surface area contributed by atoms with Crippen molar-refractivity contribution in [2.75, 3.05) is 26.9 Å². The number of hydrogen-bond donors (Lipinski definition) is 0. The number of hydrogen-bond acceptors (Lipinski definition) is 16. The van der Waals surface area contributed by atoms with Crippen LogP contribution in [0.4, 0.5) is 0 Å². The molecule has 0 unspecified atom stereocenters. The number of carbonyl (C=O) groups excluding carboxylic acids is 4. The van der Waals surface area contributed by atoms with Crippen LogP contribution in [-0.4, -0.2) is 80.3 Å². The Hall–Kier alpha value is -5.71. The van der Waals surface area contributed by atoms with Gasteiger partial charge in [0.25, 0.3) is 5.09 Å². The SMILES string of the molecule is COc1ccc2c(=O)c(-c3ccc(OCCO[N+](=O)[O-])cc3)coc2c1[C@@H]1O[C@H](COC(C)=O)[C@@H](OC(C)=O)[C@H](OC(C)=O)[C@H]1OC(C)=O. The normalized spacial score (nSPS) is 20.1. The summed E-state index contributed by atoms with van der Waals surface area (Å²) in [5.74, 6) is -2.59. The predicted molar refractivity (Wildman–Crippen MR) is 164 cm³/mol. The van der Waals surface area contributed by atoms with E-state index in [2.05, 4.69) is 4.84 Å². The predicted octanol–water partition coefficient (Wildman–Crippen LogP) is 2.85. The molecule has 2 aromatic carbocycles. The number of nitrogens with zero attached hydrogens (tertiary/aromatic N) is 1. The summed E-state index contributed by atoms with van der Waals surface area (Å²) in [5, 5.41) is 9.45. The van der Waals surface area contributed by atoms with Gasteiger partial charge in [-0.05, 0) is 29.8 Å². The minimum atomic E-state index is -1.48. The van der Waals surface area contributed by atoms with Crippen molar-refractivity contribution < 1.29 is 66.7 Å². The zero-order valence-electron chi connectivity index (χ0n) is 27.0. The van der Waals surface area contributed by atoms with Crippen LogP contribution in [-0.2, 0) is 47.7 Å². The molecule has 0 N–H and O–H groups in total. The third kappa shape index (κ3) is 8.81. The third-order valence-corrected chi connectivity index (χ3v) is 7.15. The highest BCUT2D eigenvalue weighted by Gasteiger charge is 2.53. The number of rotatable bonds is 13. The fourth-order valence-corrected chi connectivity index (χ4v) is 5.31. The first-order valence-electron chi connectivity index (χ1n) is 14.7. The van der Waals surface area contributed by atoms with E-state index in [4.69, 9.17) is 37.6 Å². The maximum absolute atomic E-state index is 13.9. The van der Waals surface area contributed by atoms with Gasteiger partial charge in [-0.15, -0.1) is 10.1 Å². The lowest BCUT2D eigenvalue weighted by Crippen LogP contribution is -2.59. The number of ether oxygens (including phenoxy) is 7. The molecule has 2 heterocycles. The van der Waals surface area contributed by atoms with Gasteiger partial charge in [-0.25, -0.2) is 0 Å². The summed E-state index contributed by atoms with van der Waals surface area (Å²) in [4.78, 5) is 77.0. The van der Waals surface area contributed by atoms with Crippen molar-refractivity contribution in [2.24, 2.45) is 0 Å². The summed E-state index contributed by atoms with van der Waals surface area (Å²) in [5.41, 5.74) is 0.202. The Morgan fingerprint density at radius 1 is 0.837 bits per heavy atom. The molecular weight excluding hydrogens is 654 g/mol. The van der Waals surface area contributed by atoms with Gasteiger partial charge in [0.05, 0.1) is 23.6 Å². The molecule has 1 aromatic heterocycles. The Bertz CT molecular complexity index is 1770. The lowest BCUT2D eigenvalue weighted by molar-refractivity contribution is -0.757. The summed E-state index contributed by atoms with van der Waals surface area (Å²) in [6, 6.07) is 9.23. The first kappa shape index (κ1) is 36.1. The van der Waals surface area contributed by atoms with Crippen molar-refractivity contribution in [1.29, 1.82) is 0 Å². The van der Waals surface area contributed by atoms with E-state index >= 15 is 0 Å². The van der Waals surface area contributed by atoms with Gasteiger partial charge in [0.15, 0.2) is 18.3 Å². The van der Waals surface area contributed by atoms with E-state index in [1.54, 1.807) is 24.3 Å². The first-order valence-corrected chi connectivity index (χ1v) is 14.7. The molecule has 1 saturated heterocycles. The minimum absolute atomic E-state index is 0.0280. The van der Waals surface area contributed by atoms with E-state index in [-0.39, 0.29) is 41.1 Å². The van der Waals surface area contributed by atoms with Crippen LogP contribution in [0.25, 0.3) is 22.1 Å². The molecule has 0 aliphatic carbocycles. The van der Waals surface area contributed by atoms with Gasteiger partial charge in [-0.1, -0.05) is 12.1 Å². The molecule has 4 rings (SSSR count). The molecule has 5 atom stereocenters. The maximum Gasteiger partial charge on any atom is 0.303 e. The molecular formula is C32H33NO16. The molecule has 3 aromatic rings. The summed E-state index contributed by atoms with van der Waals surface area (Å²) >= 11 is 0. The maximum atomic E-state index is 13.9. The van der Waals surface area contributed by atoms with E-state index in [1.165, 1.54) is 25.5 Å². The molecule has 17 nitrogen and oxygen atoms in total. The molecule has 1 fully saturated rings. The van der Waals surface area contributed by atoms with E-state index < -0.39 is 71.5 Å². The summed E-state index contributed by atoms with van der Waals surface area (Å²) in [6.07, 6.45) is -5.78. The number of carbonyl (C=O) groups is 4. The molecule has 0 saturated carbocycles. The van der Waals surface area contributed by atoms with Crippen molar-refractivity contribution >= 4 is 34.8 Å². The molecule has 49 heavy (non-hydrogen) atoms. The van der Waals surface area contributed by atoms with Crippen LogP contribution in [0, 0.1) is 10.1 Å². The van der Waals surface area contributed by atoms with Crippen molar-refractivity contribution in [2.45, 2.75) is 58.2 Å². The number of fused-ring (bicyclic) bond motifs is 1. The van der Waals surface area contributed by atoms with Crippen LogP contribution in [0.3, 0.4) is 0 Å². The molecule has 1 aliphatic rings. The second-order valence-corrected chi connectivity index (χ2v) is 10.6. The van der Waals surface area contributed by atoms with Crippen molar-refractivity contribution in [3.8, 4) is 22.6 Å². The van der Waals surface area contributed by atoms with Crippen molar-refractivity contribution in [3.63, 3.8) is 0 Å². The largest absolute Gasteiger partial charge is 0.496 e. The van der Waals surface area contributed by atoms with Gasteiger partial charge >= 0.3 is 23.9 Å². The summed E-state index contributed by atoms with van der Waals surface area (Å²) < 4.78 is 45.2. The smallest absolute Gasteiger partial charge is 0.303 e. The number of esters is 4. The fraction of sp³-hybridized carbons (Fsp3) is 0.406. The van der Waals surface area contributed by atoms with Crippen LogP contribution in [0.15, 0.2) is 51.9 Å². The summed E-state index contributed by atoms with van der Waals surface area (Å²) in [6.45, 7) is 3.66. The second kappa shape index (κ2) is 15.9. The van der Waals surface area contributed by atoms with Crippen LogP contribution in [0.1, 0.15) is 39.4 Å². The number of benzene rings is 2. The fourth-order valence-electron chi connectivity index (χ4n) is 5.31. The molecule has 0 spiro atoms. The quantitative estimate of drug-likeness (QED) is 0.0830. The number of methoxy groups -OCH3 is 1. The average molecular weight is 688 g/mol. The molecule has 1 aliphatic heterocycles. The van der Waals surface area contributed by atoms with Gasteiger partial charge < -0.3 is 42.4 Å². The Labute approximate surface area is 277 Å². The highest BCUT2D eigenvalue weighted by molar-refractivity contribution is 5.86. The molecule has 17 heteroatoms. The first-order chi connectivity index (χ1) is 23.3. The van der Waals surface area contributed by atoms with E-state index in [0.29, 0.717) is 11.3 Å². The van der Waals surface area contributed by atoms with Gasteiger partial charge in [-0.3, -0.25) is 24.0 Å². The Kier molecular flexibility index (Phi) is 11.7. The average Bonchev–Trinajstić information content (AvgIpc) is 3.03. The monoisotopic (exact) mass is 687 g/mol. The van der Waals surface area contributed by atoms with Crippen LogP contribution in [0.2, 0.25) is 0 Å². The minimum Gasteiger partial charge on any atom is -0.496 e.